The van der Waals surface area contributed by atoms with Crippen LogP contribution >= 0.6 is 0 Å². The zero-order valence-corrected chi connectivity index (χ0v) is 9.82. The molecule has 0 spiro atoms. The first-order chi connectivity index (χ1) is 7.63. The van der Waals surface area contributed by atoms with Gasteiger partial charge in [0.05, 0.1) is 20.1 Å². The normalized spacial score (nSPS) is 12.0. The van der Waals surface area contributed by atoms with E-state index < -0.39 is 5.92 Å². The highest BCUT2D eigenvalue weighted by molar-refractivity contribution is 5.79. The van der Waals surface area contributed by atoms with E-state index in [2.05, 4.69) is 0 Å². The summed E-state index contributed by atoms with van der Waals surface area (Å²) < 4.78 is 9.95. The smallest absolute Gasteiger partial charge is 0.314 e. The van der Waals surface area contributed by atoms with Crippen molar-refractivity contribution in [2.24, 2.45) is 5.73 Å². The number of aryl methyl sites for hydroxylation is 1. The maximum Gasteiger partial charge on any atom is 0.314 e. The fourth-order valence-electron chi connectivity index (χ4n) is 1.60. The van der Waals surface area contributed by atoms with Gasteiger partial charge in [-0.05, 0) is 18.6 Å². The lowest BCUT2D eigenvalue weighted by molar-refractivity contribution is -0.142. The third-order valence-electron chi connectivity index (χ3n) is 2.49. The van der Waals surface area contributed by atoms with Gasteiger partial charge in [-0.3, -0.25) is 4.79 Å². The second-order valence-corrected chi connectivity index (χ2v) is 3.56. The lowest BCUT2D eigenvalue weighted by Gasteiger charge is -2.16. The summed E-state index contributed by atoms with van der Waals surface area (Å²) in [6, 6.07) is 5.65. The minimum atomic E-state index is -0.472. The molecular formula is C12H17NO3. The number of benzene rings is 1. The van der Waals surface area contributed by atoms with Crippen LogP contribution in [0, 0.1) is 6.92 Å². The van der Waals surface area contributed by atoms with Crippen molar-refractivity contribution in [1.82, 2.24) is 0 Å². The Labute approximate surface area is 95.3 Å². The fourth-order valence-corrected chi connectivity index (χ4v) is 1.60. The molecule has 16 heavy (non-hydrogen) atoms. The van der Waals surface area contributed by atoms with Gasteiger partial charge >= 0.3 is 5.97 Å². The molecule has 88 valence electrons. The van der Waals surface area contributed by atoms with Gasteiger partial charge in [0.25, 0.3) is 0 Å². The molecule has 0 bridgehead atoms. The molecule has 1 rings (SSSR count). The zero-order valence-electron chi connectivity index (χ0n) is 9.82. The van der Waals surface area contributed by atoms with Crippen molar-refractivity contribution in [1.29, 1.82) is 0 Å². The summed E-state index contributed by atoms with van der Waals surface area (Å²) in [6.45, 7) is 2.16. The van der Waals surface area contributed by atoms with Crippen LogP contribution in [0.2, 0.25) is 0 Å². The van der Waals surface area contributed by atoms with Gasteiger partial charge in [0, 0.05) is 12.1 Å². The predicted octanol–water partition coefficient (Wildman–Crippen LogP) is 1.22. The summed E-state index contributed by atoms with van der Waals surface area (Å²) in [7, 11) is 2.93. The van der Waals surface area contributed by atoms with Gasteiger partial charge in [-0.1, -0.05) is 12.1 Å². The molecule has 0 aromatic heterocycles. The second kappa shape index (κ2) is 5.51. The van der Waals surface area contributed by atoms with Crippen LogP contribution in [0.15, 0.2) is 18.2 Å². The Morgan fingerprint density at radius 1 is 1.44 bits per heavy atom. The molecule has 0 heterocycles. The number of ether oxygens (including phenoxy) is 2. The highest BCUT2D eigenvalue weighted by Gasteiger charge is 2.23. The van der Waals surface area contributed by atoms with E-state index in [1.807, 2.05) is 25.1 Å². The van der Waals surface area contributed by atoms with Gasteiger partial charge in [-0.25, -0.2) is 0 Å². The maximum atomic E-state index is 11.5. The van der Waals surface area contributed by atoms with Crippen molar-refractivity contribution in [3.05, 3.63) is 29.3 Å². The molecule has 4 heteroatoms. The lowest BCUT2D eigenvalue weighted by atomic mass is 9.97. The topological polar surface area (TPSA) is 61.5 Å². The van der Waals surface area contributed by atoms with Crippen LogP contribution in [0.25, 0.3) is 0 Å². The van der Waals surface area contributed by atoms with E-state index in [0.29, 0.717) is 5.75 Å². The lowest BCUT2D eigenvalue weighted by Crippen LogP contribution is -2.23. The summed E-state index contributed by atoms with van der Waals surface area (Å²) >= 11 is 0. The summed E-state index contributed by atoms with van der Waals surface area (Å²) in [6.07, 6.45) is 0. The summed E-state index contributed by atoms with van der Waals surface area (Å²) in [5.41, 5.74) is 7.42. The van der Waals surface area contributed by atoms with E-state index >= 15 is 0 Å². The zero-order chi connectivity index (χ0) is 12.1. The van der Waals surface area contributed by atoms with E-state index in [0.717, 1.165) is 11.1 Å². The van der Waals surface area contributed by atoms with E-state index in [9.17, 15) is 4.79 Å². The molecule has 1 unspecified atom stereocenters. The van der Waals surface area contributed by atoms with E-state index in [1.54, 1.807) is 7.11 Å². The molecule has 0 aliphatic heterocycles. The molecular weight excluding hydrogens is 206 g/mol. The molecule has 0 saturated heterocycles. The summed E-state index contributed by atoms with van der Waals surface area (Å²) in [5, 5.41) is 0. The number of hydrogen-bond acceptors (Lipinski definition) is 4. The molecule has 0 saturated carbocycles. The molecule has 2 N–H and O–H groups in total. The van der Waals surface area contributed by atoms with Gasteiger partial charge in [-0.2, -0.15) is 0 Å². The monoisotopic (exact) mass is 223 g/mol. The molecule has 0 aliphatic carbocycles. The van der Waals surface area contributed by atoms with Gasteiger partial charge in [0.2, 0.25) is 0 Å². The van der Waals surface area contributed by atoms with Crippen molar-refractivity contribution in [3.8, 4) is 5.75 Å². The van der Waals surface area contributed by atoms with E-state index in [1.165, 1.54) is 7.11 Å². The van der Waals surface area contributed by atoms with Crippen molar-refractivity contribution < 1.29 is 14.3 Å². The number of esters is 1. The van der Waals surface area contributed by atoms with Crippen molar-refractivity contribution in [2.75, 3.05) is 20.8 Å². The van der Waals surface area contributed by atoms with Gasteiger partial charge < -0.3 is 15.2 Å². The first-order valence-corrected chi connectivity index (χ1v) is 5.06. The largest absolute Gasteiger partial charge is 0.496 e. The van der Waals surface area contributed by atoms with Crippen LogP contribution in [-0.2, 0) is 9.53 Å². The molecule has 1 aromatic rings. The number of carbonyl (C=O) groups excluding carboxylic acids is 1. The Bertz CT molecular complexity index is 377. The van der Waals surface area contributed by atoms with Crippen LogP contribution in [-0.4, -0.2) is 26.7 Å². The average Bonchev–Trinajstić information content (AvgIpc) is 2.31. The maximum absolute atomic E-state index is 11.5. The Kier molecular flexibility index (Phi) is 4.31. The van der Waals surface area contributed by atoms with Gasteiger partial charge in [-0.15, -0.1) is 0 Å². The predicted molar refractivity (Wildman–Crippen MR) is 61.5 cm³/mol. The van der Waals surface area contributed by atoms with Crippen molar-refractivity contribution in [3.63, 3.8) is 0 Å². The molecule has 4 nitrogen and oxygen atoms in total. The summed E-state index contributed by atoms with van der Waals surface area (Å²) in [4.78, 5) is 11.5. The van der Waals surface area contributed by atoms with E-state index in [4.69, 9.17) is 15.2 Å². The number of rotatable bonds is 4. The summed E-state index contributed by atoms with van der Waals surface area (Å²) in [5.74, 6) is -0.147. The minimum Gasteiger partial charge on any atom is -0.496 e. The van der Waals surface area contributed by atoms with Crippen LogP contribution < -0.4 is 10.5 Å². The first-order valence-electron chi connectivity index (χ1n) is 5.06. The molecule has 0 aliphatic rings. The molecule has 0 amide bonds. The van der Waals surface area contributed by atoms with Crippen molar-refractivity contribution >= 4 is 5.97 Å². The highest BCUT2D eigenvalue weighted by atomic mass is 16.5. The van der Waals surface area contributed by atoms with Crippen LogP contribution in [0.1, 0.15) is 17.0 Å². The Morgan fingerprint density at radius 2 is 2.12 bits per heavy atom. The Balaban J connectivity index is 3.14. The highest BCUT2D eigenvalue weighted by Crippen LogP contribution is 2.27. The van der Waals surface area contributed by atoms with Crippen LogP contribution in [0.3, 0.4) is 0 Å². The molecule has 0 radical (unpaired) electrons. The number of methoxy groups -OCH3 is 2. The Morgan fingerprint density at radius 3 is 2.62 bits per heavy atom. The third kappa shape index (κ3) is 2.52. The Hall–Kier alpha value is -1.55. The number of nitrogens with two attached hydrogens (primary N) is 1. The third-order valence-corrected chi connectivity index (χ3v) is 2.49. The van der Waals surface area contributed by atoms with Crippen LogP contribution in [0.4, 0.5) is 0 Å². The van der Waals surface area contributed by atoms with Gasteiger partial charge in [0.15, 0.2) is 0 Å². The van der Waals surface area contributed by atoms with Crippen LogP contribution in [0.5, 0.6) is 5.75 Å². The molecule has 1 atom stereocenters. The van der Waals surface area contributed by atoms with Crippen molar-refractivity contribution in [2.45, 2.75) is 12.8 Å². The minimum absolute atomic E-state index is 0.200. The number of carbonyl (C=O) groups is 1. The van der Waals surface area contributed by atoms with E-state index in [-0.39, 0.29) is 12.5 Å². The first kappa shape index (κ1) is 12.5. The average molecular weight is 223 g/mol. The molecule has 1 aromatic carbocycles. The fraction of sp³-hybridized carbons (Fsp3) is 0.417. The quantitative estimate of drug-likeness (QED) is 0.779. The second-order valence-electron chi connectivity index (χ2n) is 3.56. The SMILES string of the molecule is COC(=O)C(CN)c1ccc(C)cc1OC. The standard InChI is InChI=1S/C12H17NO3/c1-8-4-5-9(11(6-8)15-2)10(7-13)12(14)16-3/h4-6,10H,7,13H2,1-3H3. The van der Waals surface area contributed by atoms with Gasteiger partial charge in [0.1, 0.15) is 5.75 Å². The molecule has 0 fully saturated rings. The number of hydrogen-bond donors (Lipinski definition) is 1.